The molecule has 0 radical (unpaired) electrons. The van der Waals surface area contributed by atoms with Gasteiger partial charge in [-0.15, -0.1) is 0 Å². The number of aromatic amines is 1. The fourth-order valence-corrected chi connectivity index (χ4v) is 1.91. The van der Waals surface area contributed by atoms with Crippen LogP contribution in [-0.2, 0) is 0 Å². The van der Waals surface area contributed by atoms with Crippen molar-refractivity contribution in [1.82, 2.24) is 20.2 Å². The Hall–Kier alpha value is -2.83. The van der Waals surface area contributed by atoms with E-state index in [1.165, 1.54) is 0 Å². The summed E-state index contributed by atoms with van der Waals surface area (Å²) < 4.78 is 11.5. The van der Waals surface area contributed by atoms with Crippen LogP contribution >= 0.6 is 0 Å². The van der Waals surface area contributed by atoms with Gasteiger partial charge in [0, 0.05) is 7.05 Å². The predicted octanol–water partition coefficient (Wildman–Crippen LogP) is 2.59. The lowest BCUT2D eigenvalue weighted by Gasteiger charge is -2.11. The predicted molar refractivity (Wildman–Crippen MR) is 78.9 cm³/mol. The van der Waals surface area contributed by atoms with Crippen LogP contribution in [0.2, 0.25) is 0 Å². The van der Waals surface area contributed by atoms with Gasteiger partial charge in [-0.3, -0.25) is 5.10 Å². The zero-order chi connectivity index (χ0) is 14.7. The van der Waals surface area contributed by atoms with Crippen LogP contribution in [0.15, 0.2) is 30.5 Å². The standard InChI is InChI=1S/C14H15N5O2/c1-3-20-10-6-4-5-7-11(10)21-13-9-8-16-19-12(9)17-14(15-2)18-13/h4-8H,3H2,1-2H3,(H2,15,16,17,18,19). The molecule has 0 aliphatic heterocycles. The third kappa shape index (κ3) is 2.58. The van der Waals surface area contributed by atoms with E-state index in [2.05, 4.69) is 25.5 Å². The SMILES string of the molecule is CCOc1ccccc1Oc1nc(NC)nc2[nH]ncc12. The van der Waals surface area contributed by atoms with E-state index in [1.807, 2.05) is 31.2 Å². The number of rotatable bonds is 5. The molecule has 0 bridgehead atoms. The number of hydrogen-bond acceptors (Lipinski definition) is 6. The van der Waals surface area contributed by atoms with Gasteiger partial charge in [-0.25, -0.2) is 0 Å². The van der Waals surface area contributed by atoms with Gasteiger partial charge in [0.15, 0.2) is 17.1 Å². The summed E-state index contributed by atoms with van der Waals surface area (Å²) in [5.74, 6) is 2.14. The Labute approximate surface area is 121 Å². The number of hydrogen-bond donors (Lipinski definition) is 2. The van der Waals surface area contributed by atoms with Crippen LogP contribution in [0, 0.1) is 0 Å². The Kier molecular flexibility index (Phi) is 3.55. The molecule has 0 spiro atoms. The fraction of sp³-hybridized carbons (Fsp3) is 0.214. The minimum absolute atomic E-state index is 0.422. The molecule has 7 nitrogen and oxygen atoms in total. The van der Waals surface area contributed by atoms with Crippen molar-refractivity contribution in [3.8, 4) is 17.4 Å². The Morgan fingerprint density at radius 2 is 2.00 bits per heavy atom. The second-order valence-corrected chi connectivity index (χ2v) is 4.22. The van der Waals surface area contributed by atoms with Crippen LogP contribution in [0.3, 0.4) is 0 Å². The average Bonchev–Trinajstić information content (AvgIpc) is 2.98. The molecule has 7 heteroatoms. The molecule has 0 aliphatic carbocycles. The van der Waals surface area contributed by atoms with E-state index in [9.17, 15) is 0 Å². The Morgan fingerprint density at radius 3 is 2.76 bits per heavy atom. The number of para-hydroxylation sites is 2. The van der Waals surface area contributed by atoms with Crippen molar-refractivity contribution in [2.24, 2.45) is 0 Å². The van der Waals surface area contributed by atoms with Crippen LogP contribution in [0.25, 0.3) is 11.0 Å². The molecule has 0 saturated heterocycles. The normalized spacial score (nSPS) is 10.6. The zero-order valence-electron chi connectivity index (χ0n) is 11.8. The van der Waals surface area contributed by atoms with Gasteiger partial charge in [0.2, 0.25) is 11.8 Å². The lowest BCUT2D eigenvalue weighted by molar-refractivity contribution is 0.320. The molecule has 21 heavy (non-hydrogen) atoms. The van der Waals surface area contributed by atoms with Crippen molar-refractivity contribution in [2.45, 2.75) is 6.92 Å². The number of aromatic nitrogens is 4. The summed E-state index contributed by atoms with van der Waals surface area (Å²) in [6.45, 7) is 2.49. The minimum Gasteiger partial charge on any atom is -0.490 e. The van der Waals surface area contributed by atoms with E-state index in [1.54, 1.807) is 13.2 Å². The highest BCUT2D eigenvalue weighted by Gasteiger charge is 2.13. The minimum atomic E-state index is 0.422. The smallest absolute Gasteiger partial charge is 0.235 e. The highest BCUT2D eigenvalue weighted by molar-refractivity contribution is 5.81. The molecule has 2 N–H and O–H groups in total. The van der Waals surface area contributed by atoms with Crippen molar-refractivity contribution >= 4 is 17.0 Å². The third-order valence-electron chi connectivity index (χ3n) is 2.85. The van der Waals surface area contributed by atoms with Gasteiger partial charge in [-0.2, -0.15) is 15.1 Å². The molecule has 2 heterocycles. The Morgan fingerprint density at radius 1 is 1.19 bits per heavy atom. The summed E-state index contributed by atoms with van der Waals surface area (Å²) in [5, 5.41) is 10.4. The molecule has 3 aromatic rings. The number of nitrogens with one attached hydrogen (secondary N) is 2. The lowest BCUT2D eigenvalue weighted by atomic mass is 10.3. The van der Waals surface area contributed by atoms with Crippen LogP contribution in [0.5, 0.6) is 17.4 Å². The van der Waals surface area contributed by atoms with E-state index in [4.69, 9.17) is 9.47 Å². The van der Waals surface area contributed by atoms with Crippen LogP contribution in [0.1, 0.15) is 6.92 Å². The topological polar surface area (TPSA) is 85.0 Å². The van der Waals surface area contributed by atoms with Crippen molar-refractivity contribution in [3.05, 3.63) is 30.5 Å². The second kappa shape index (κ2) is 5.66. The number of benzene rings is 1. The molecule has 0 saturated carbocycles. The summed E-state index contributed by atoms with van der Waals surface area (Å²) in [6.07, 6.45) is 1.63. The number of H-pyrrole nitrogens is 1. The monoisotopic (exact) mass is 285 g/mol. The van der Waals surface area contributed by atoms with Crippen LogP contribution < -0.4 is 14.8 Å². The molecular weight excluding hydrogens is 270 g/mol. The first-order valence-electron chi connectivity index (χ1n) is 6.60. The van der Waals surface area contributed by atoms with Crippen molar-refractivity contribution in [1.29, 1.82) is 0 Å². The van der Waals surface area contributed by atoms with Crippen molar-refractivity contribution in [3.63, 3.8) is 0 Å². The maximum absolute atomic E-state index is 5.90. The first-order valence-corrected chi connectivity index (χ1v) is 6.60. The van der Waals surface area contributed by atoms with Gasteiger partial charge in [0.25, 0.3) is 0 Å². The summed E-state index contributed by atoms with van der Waals surface area (Å²) in [7, 11) is 1.75. The molecule has 3 rings (SSSR count). The molecule has 1 aromatic carbocycles. The fourth-order valence-electron chi connectivity index (χ4n) is 1.91. The molecule has 0 unspecified atom stereocenters. The number of anilines is 1. The van der Waals surface area contributed by atoms with Crippen molar-refractivity contribution in [2.75, 3.05) is 19.0 Å². The lowest BCUT2D eigenvalue weighted by Crippen LogP contribution is -2.00. The van der Waals surface area contributed by atoms with Gasteiger partial charge >= 0.3 is 0 Å². The number of ether oxygens (including phenoxy) is 2. The summed E-state index contributed by atoms with van der Waals surface area (Å²) >= 11 is 0. The van der Waals surface area contributed by atoms with E-state index < -0.39 is 0 Å². The van der Waals surface area contributed by atoms with Crippen molar-refractivity contribution < 1.29 is 9.47 Å². The Bertz CT molecular complexity index is 756. The molecule has 0 atom stereocenters. The average molecular weight is 285 g/mol. The molecular formula is C14H15N5O2. The van der Waals surface area contributed by atoms with E-state index in [0.29, 0.717) is 41.0 Å². The second-order valence-electron chi connectivity index (χ2n) is 4.22. The van der Waals surface area contributed by atoms with Gasteiger partial charge in [0.1, 0.15) is 5.39 Å². The first-order chi connectivity index (χ1) is 10.3. The Balaban J connectivity index is 2.03. The van der Waals surface area contributed by atoms with Gasteiger partial charge in [0.05, 0.1) is 12.8 Å². The zero-order valence-corrected chi connectivity index (χ0v) is 11.8. The largest absolute Gasteiger partial charge is 0.490 e. The molecule has 0 amide bonds. The molecule has 2 aromatic heterocycles. The van der Waals surface area contributed by atoms with Gasteiger partial charge < -0.3 is 14.8 Å². The molecule has 108 valence electrons. The maximum Gasteiger partial charge on any atom is 0.235 e. The first kappa shape index (κ1) is 13.2. The number of nitrogens with zero attached hydrogens (tertiary/aromatic N) is 3. The van der Waals surface area contributed by atoms with Crippen LogP contribution in [0.4, 0.5) is 5.95 Å². The summed E-state index contributed by atoms with van der Waals surface area (Å²) in [4.78, 5) is 8.59. The summed E-state index contributed by atoms with van der Waals surface area (Å²) in [5.41, 5.74) is 0.609. The highest BCUT2D eigenvalue weighted by atomic mass is 16.5. The number of fused-ring (bicyclic) bond motifs is 1. The van der Waals surface area contributed by atoms with E-state index in [0.717, 1.165) is 0 Å². The quantitative estimate of drug-likeness (QED) is 0.749. The van der Waals surface area contributed by atoms with E-state index >= 15 is 0 Å². The maximum atomic E-state index is 5.90. The van der Waals surface area contributed by atoms with E-state index in [-0.39, 0.29) is 0 Å². The summed E-state index contributed by atoms with van der Waals surface area (Å²) in [6, 6.07) is 7.46. The van der Waals surface area contributed by atoms with Gasteiger partial charge in [-0.05, 0) is 19.1 Å². The molecule has 0 aliphatic rings. The third-order valence-corrected chi connectivity index (χ3v) is 2.85. The highest BCUT2D eigenvalue weighted by Crippen LogP contribution is 2.33. The van der Waals surface area contributed by atoms with Gasteiger partial charge in [-0.1, -0.05) is 12.1 Å². The molecule has 0 fully saturated rings. The van der Waals surface area contributed by atoms with Crippen LogP contribution in [-0.4, -0.2) is 33.8 Å².